The van der Waals surface area contributed by atoms with Gasteiger partial charge in [-0.15, -0.1) is 0 Å². The van der Waals surface area contributed by atoms with Crippen molar-refractivity contribution in [3.63, 3.8) is 0 Å². The minimum absolute atomic E-state index is 0.00354. The molecule has 0 unspecified atom stereocenters. The van der Waals surface area contributed by atoms with E-state index in [0.717, 1.165) is 19.3 Å². The Morgan fingerprint density at radius 3 is 2.42 bits per heavy atom. The molecule has 24 heavy (non-hydrogen) atoms. The summed E-state index contributed by atoms with van der Waals surface area (Å²) in [4.78, 5) is 35.9. The maximum atomic E-state index is 12.4. The van der Waals surface area contributed by atoms with Gasteiger partial charge in [-0.25, -0.2) is 4.79 Å². The number of nitrogens with one attached hydrogen (secondary N) is 2. The summed E-state index contributed by atoms with van der Waals surface area (Å²) in [6.45, 7) is 5.40. The Balaban J connectivity index is 2.68. The van der Waals surface area contributed by atoms with Crippen LogP contribution in [0.5, 0.6) is 0 Å². The standard InChI is InChI=1S/C17H28N2O5/c1-4-5-15(24-13-7-8-13)16(21)19-14(9-6-12(20)10-18)17(22)23-11(2)3/h10-11,13-15,18H,4-9H2,1-3H3,(H,19,21)/t14-,15-/m0/s1. The minimum Gasteiger partial charge on any atom is -0.461 e. The summed E-state index contributed by atoms with van der Waals surface area (Å²) in [5.41, 5.74) is 0. The van der Waals surface area contributed by atoms with Gasteiger partial charge in [-0.2, -0.15) is 0 Å². The smallest absolute Gasteiger partial charge is 0.328 e. The molecule has 0 spiro atoms. The number of rotatable bonds is 12. The molecule has 0 aliphatic heterocycles. The average molecular weight is 340 g/mol. The van der Waals surface area contributed by atoms with Gasteiger partial charge in [-0.1, -0.05) is 13.3 Å². The third kappa shape index (κ3) is 7.68. The second-order valence-corrected chi connectivity index (χ2v) is 6.31. The predicted octanol–water partition coefficient (Wildman–Crippen LogP) is 1.77. The lowest BCUT2D eigenvalue weighted by atomic mass is 10.1. The second-order valence-electron chi connectivity index (χ2n) is 6.31. The molecule has 0 heterocycles. The number of carbonyl (C=O) groups is 3. The van der Waals surface area contributed by atoms with E-state index in [0.29, 0.717) is 12.6 Å². The van der Waals surface area contributed by atoms with Gasteiger partial charge in [0.25, 0.3) is 0 Å². The first-order valence-electron chi connectivity index (χ1n) is 8.57. The van der Waals surface area contributed by atoms with Crippen molar-refractivity contribution < 1.29 is 23.9 Å². The first kappa shape index (κ1) is 20.3. The highest BCUT2D eigenvalue weighted by Gasteiger charge is 2.32. The molecule has 2 atom stereocenters. The van der Waals surface area contributed by atoms with Crippen molar-refractivity contribution in [1.82, 2.24) is 5.32 Å². The van der Waals surface area contributed by atoms with Crippen molar-refractivity contribution in [2.24, 2.45) is 0 Å². The van der Waals surface area contributed by atoms with Crippen LogP contribution in [0.3, 0.4) is 0 Å². The summed E-state index contributed by atoms with van der Waals surface area (Å²) >= 11 is 0. The summed E-state index contributed by atoms with van der Waals surface area (Å²) in [5, 5.41) is 9.58. The van der Waals surface area contributed by atoms with Crippen LogP contribution in [-0.2, 0) is 23.9 Å². The summed E-state index contributed by atoms with van der Waals surface area (Å²) in [6, 6.07) is -0.911. The van der Waals surface area contributed by atoms with Gasteiger partial charge in [0.1, 0.15) is 12.1 Å². The molecule has 0 aromatic rings. The molecule has 0 saturated heterocycles. The van der Waals surface area contributed by atoms with Gasteiger partial charge in [-0.3, -0.25) is 9.59 Å². The molecule has 0 aromatic heterocycles. The normalized spacial score (nSPS) is 16.3. The fourth-order valence-corrected chi connectivity index (χ4v) is 2.15. The van der Waals surface area contributed by atoms with Gasteiger partial charge in [-0.05, 0) is 39.5 Å². The highest BCUT2D eigenvalue weighted by molar-refractivity contribution is 6.26. The first-order chi connectivity index (χ1) is 11.4. The quantitative estimate of drug-likeness (QED) is 0.416. The molecule has 136 valence electrons. The lowest BCUT2D eigenvalue weighted by Crippen LogP contribution is -2.47. The maximum Gasteiger partial charge on any atom is 0.328 e. The summed E-state index contributed by atoms with van der Waals surface area (Å²) < 4.78 is 10.9. The molecule has 0 aromatic carbocycles. The van der Waals surface area contributed by atoms with Crippen molar-refractivity contribution in [2.45, 2.75) is 83.6 Å². The third-order valence-electron chi connectivity index (χ3n) is 3.52. The zero-order valence-corrected chi connectivity index (χ0v) is 14.7. The van der Waals surface area contributed by atoms with E-state index in [4.69, 9.17) is 14.9 Å². The third-order valence-corrected chi connectivity index (χ3v) is 3.52. The van der Waals surface area contributed by atoms with Gasteiger partial charge in [0.15, 0.2) is 5.78 Å². The highest BCUT2D eigenvalue weighted by atomic mass is 16.5. The molecule has 7 heteroatoms. The van der Waals surface area contributed by atoms with E-state index in [9.17, 15) is 14.4 Å². The second kappa shape index (κ2) is 10.2. The van der Waals surface area contributed by atoms with E-state index in [1.807, 2.05) is 6.92 Å². The van der Waals surface area contributed by atoms with Crippen LogP contribution in [0.1, 0.15) is 59.3 Å². The molecule has 1 amide bonds. The average Bonchev–Trinajstić information content (AvgIpc) is 3.33. The van der Waals surface area contributed by atoms with Crippen LogP contribution in [0.2, 0.25) is 0 Å². The molecule has 1 fully saturated rings. The van der Waals surface area contributed by atoms with Gasteiger partial charge >= 0.3 is 5.97 Å². The number of Topliss-reactive ketones (excluding diaryl/α,β-unsaturated/α-hetero) is 1. The number of amides is 1. The van der Waals surface area contributed by atoms with Crippen LogP contribution < -0.4 is 5.32 Å². The molecule has 0 bridgehead atoms. The molecule has 1 saturated carbocycles. The van der Waals surface area contributed by atoms with Gasteiger partial charge in [0.05, 0.1) is 18.4 Å². The number of hydrogen-bond acceptors (Lipinski definition) is 6. The van der Waals surface area contributed by atoms with Crippen LogP contribution in [0.4, 0.5) is 0 Å². The highest BCUT2D eigenvalue weighted by Crippen LogP contribution is 2.26. The number of carbonyl (C=O) groups excluding carboxylic acids is 3. The van der Waals surface area contributed by atoms with Crippen molar-refractivity contribution in [2.75, 3.05) is 0 Å². The van der Waals surface area contributed by atoms with E-state index >= 15 is 0 Å². The summed E-state index contributed by atoms with van der Waals surface area (Å²) in [6.07, 6.45) is 3.33. The van der Waals surface area contributed by atoms with Crippen LogP contribution >= 0.6 is 0 Å². The zero-order chi connectivity index (χ0) is 18.1. The van der Waals surface area contributed by atoms with Crippen LogP contribution in [0, 0.1) is 5.41 Å². The number of ketones is 1. The van der Waals surface area contributed by atoms with Crippen molar-refractivity contribution in [3.8, 4) is 0 Å². The maximum absolute atomic E-state index is 12.4. The van der Waals surface area contributed by atoms with E-state index in [2.05, 4.69) is 5.32 Å². The Morgan fingerprint density at radius 2 is 1.92 bits per heavy atom. The Kier molecular flexibility index (Phi) is 8.60. The molecule has 1 aliphatic carbocycles. The molecular weight excluding hydrogens is 312 g/mol. The lowest BCUT2D eigenvalue weighted by Gasteiger charge is -2.22. The van der Waals surface area contributed by atoms with E-state index in [1.165, 1.54) is 0 Å². The monoisotopic (exact) mass is 340 g/mol. The Hall–Kier alpha value is -1.76. The van der Waals surface area contributed by atoms with Crippen LogP contribution in [0.15, 0.2) is 0 Å². The van der Waals surface area contributed by atoms with Gasteiger partial charge < -0.3 is 20.2 Å². The Labute approximate surface area is 143 Å². The van der Waals surface area contributed by atoms with Gasteiger partial charge in [0.2, 0.25) is 5.91 Å². The van der Waals surface area contributed by atoms with E-state index < -0.39 is 23.9 Å². The minimum atomic E-state index is -0.911. The SMILES string of the molecule is CCC[C@H](OC1CC1)C(=O)N[C@@H](CCC(=O)C=N)C(=O)OC(C)C. The number of esters is 1. The summed E-state index contributed by atoms with van der Waals surface area (Å²) in [7, 11) is 0. The lowest BCUT2D eigenvalue weighted by molar-refractivity contribution is -0.153. The summed E-state index contributed by atoms with van der Waals surface area (Å²) in [5.74, 6) is -1.32. The largest absolute Gasteiger partial charge is 0.461 e. The van der Waals surface area contributed by atoms with Crippen LogP contribution in [0.25, 0.3) is 0 Å². The number of ether oxygens (including phenoxy) is 2. The van der Waals surface area contributed by atoms with Gasteiger partial charge in [0, 0.05) is 6.42 Å². The molecule has 7 nitrogen and oxygen atoms in total. The van der Waals surface area contributed by atoms with Crippen molar-refractivity contribution in [1.29, 1.82) is 5.41 Å². The first-order valence-corrected chi connectivity index (χ1v) is 8.57. The molecule has 1 rings (SSSR count). The fraction of sp³-hybridized carbons (Fsp3) is 0.765. The Bertz CT molecular complexity index is 460. The number of hydrogen-bond donors (Lipinski definition) is 2. The molecule has 2 N–H and O–H groups in total. The molecule has 0 radical (unpaired) electrons. The fourth-order valence-electron chi connectivity index (χ4n) is 2.15. The van der Waals surface area contributed by atoms with Crippen LogP contribution in [-0.4, -0.2) is 48.2 Å². The Morgan fingerprint density at radius 1 is 1.25 bits per heavy atom. The van der Waals surface area contributed by atoms with E-state index in [-0.39, 0.29) is 31.0 Å². The van der Waals surface area contributed by atoms with Crippen molar-refractivity contribution >= 4 is 23.9 Å². The van der Waals surface area contributed by atoms with E-state index in [1.54, 1.807) is 13.8 Å². The topological polar surface area (TPSA) is 106 Å². The van der Waals surface area contributed by atoms with Crippen molar-refractivity contribution in [3.05, 3.63) is 0 Å². The zero-order valence-electron chi connectivity index (χ0n) is 14.7. The predicted molar refractivity (Wildman–Crippen MR) is 89.0 cm³/mol. The molecular formula is C17H28N2O5. The molecule has 1 aliphatic rings.